The summed E-state index contributed by atoms with van der Waals surface area (Å²) in [5.41, 5.74) is 2.79. The van der Waals surface area contributed by atoms with Gasteiger partial charge in [0.2, 0.25) is 5.91 Å². The highest BCUT2D eigenvalue weighted by Gasteiger charge is 2.20. The first kappa shape index (κ1) is 12.2. The number of benzene rings is 1. The average molecular weight is 253 g/mol. The number of fused-ring (bicyclic) bond motifs is 1. The molecule has 0 aromatic heterocycles. The Labute approximate surface area is 107 Å². The zero-order chi connectivity index (χ0) is 12.4. The molecule has 3 nitrogen and oxygen atoms in total. The van der Waals surface area contributed by atoms with Crippen molar-refractivity contribution < 1.29 is 4.79 Å². The lowest BCUT2D eigenvalue weighted by Gasteiger charge is -2.18. The maximum absolute atomic E-state index is 11.3. The van der Waals surface area contributed by atoms with E-state index in [4.69, 9.17) is 11.6 Å². The van der Waals surface area contributed by atoms with Crippen molar-refractivity contribution in [3.63, 3.8) is 0 Å². The summed E-state index contributed by atoms with van der Waals surface area (Å²) in [6, 6.07) is 4.23. The van der Waals surface area contributed by atoms with Crippen molar-refractivity contribution in [1.82, 2.24) is 0 Å². The minimum Gasteiger partial charge on any atom is -0.381 e. The molecule has 17 heavy (non-hydrogen) atoms. The van der Waals surface area contributed by atoms with E-state index >= 15 is 0 Å². The Bertz CT molecular complexity index is 441. The number of halogens is 1. The van der Waals surface area contributed by atoms with Gasteiger partial charge in [0, 0.05) is 11.7 Å². The molecule has 1 aliphatic heterocycles. The Morgan fingerprint density at radius 3 is 2.76 bits per heavy atom. The molecule has 2 N–H and O–H groups in total. The molecule has 0 fully saturated rings. The first-order valence-electron chi connectivity index (χ1n) is 6.02. The van der Waals surface area contributed by atoms with Gasteiger partial charge in [0.1, 0.15) is 0 Å². The van der Waals surface area contributed by atoms with Crippen molar-refractivity contribution in [3.8, 4) is 0 Å². The molecular formula is C13H17ClN2O. The molecule has 4 heteroatoms. The predicted molar refractivity (Wildman–Crippen MR) is 71.8 cm³/mol. The van der Waals surface area contributed by atoms with E-state index in [0.29, 0.717) is 17.5 Å². The summed E-state index contributed by atoms with van der Waals surface area (Å²) >= 11 is 6.20. The van der Waals surface area contributed by atoms with Gasteiger partial charge in [0.15, 0.2) is 0 Å². The highest BCUT2D eigenvalue weighted by Crippen LogP contribution is 2.33. The van der Waals surface area contributed by atoms with Crippen molar-refractivity contribution in [2.45, 2.75) is 39.2 Å². The molecular weight excluding hydrogens is 236 g/mol. The average Bonchev–Trinajstić information content (AvgIpc) is 2.65. The Morgan fingerprint density at radius 2 is 2.12 bits per heavy atom. The zero-order valence-corrected chi connectivity index (χ0v) is 10.9. The lowest BCUT2D eigenvalue weighted by molar-refractivity contribution is -0.115. The van der Waals surface area contributed by atoms with E-state index in [-0.39, 0.29) is 5.91 Å². The molecule has 1 aromatic carbocycles. The number of nitrogens with one attached hydrogen (secondary N) is 2. The quantitative estimate of drug-likeness (QED) is 0.862. The highest BCUT2D eigenvalue weighted by atomic mass is 35.5. The van der Waals surface area contributed by atoms with Gasteiger partial charge in [-0.1, -0.05) is 25.4 Å². The number of amides is 1. The maximum Gasteiger partial charge on any atom is 0.228 e. The van der Waals surface area contributed by atoms with E-state index in [2.05, 4.69) is 24.5 Å². The monoisotopic (exact) mass is 252 g/mol. The van der Waals surface area contributed by atoms with E-state index in [1.807, 2.05) is 12.1 Å². The van der Waals surface area contributed by atoms with E-state index in [1.54, 1.807) is 0 Å². The SMILES string of the molecule is CCC(CC)Nc1cc2c(cc1Cl)NC(=O)C2. The Balaban J connectivity index is 2.24. The third kappa shape index (κ3) is 2.55. The van der Waals surface area contributed by atoms with E-state index in [1.165, 1.54) is 0 Å². The summed E-state index contributed by atoms with van der Waals surface area (Å²) in [6.45, 7) is 4.29. The van der Waals surface area contributed by atoms with Crippen LogP contribution in [-0.2, 0) is 11.2 Å². The van der Waals surface area contributed by atoms with Crippen molar-refractivity contribution in [2.75, 3.05) is 10.6 Å². The maximum atomic E-state index is 11.3. The molecule has 92 valence electrons. The van der Waals surface area contributed by atoms with Gasteiger partial charge in [-0.2, -0.15) is 0 Å². The van der Waals surface area contributed by atoms with Gasteiger partial charge >= 0.3 is 0 Å². The minimum absolute atomic E-state index is 0.0377. The molecule has 0 atom stereocenters. The zero-order valence-electron chi connectivity index (χ0n) is 10.1. The fourth-order valence-electron chi connectivity index (χ4n) is 2.07. The second kappa shape index (κ2) is 4.96. The number of hydrogen-bond acceptors (Lipinski definition) is 2. The molecule has 1 aromatic rings. The standard InChI is InChI=1S/C13H17ClN2O/c1-3-9(4-2)15-12-5-8-6-13(17)16-11(8)7-10(12)14/h5,7,9,15H,3-4,6H2,1-2H3,(H,16,17). The van der Waals surface area contributed by atoms with Gasteiger partial charge < -0.3 is 10.6 Å². The van der Waals surface area contributed by atoms with E-state index in [0.717, 1.165) is 29.8 Å². The number of anilines is 2. The van der Waals surface area contributed by atoms with Gasteiger partial charge in [-0.3, -0.25) is 4.79 Å². The van der Waals surface area contributed by atoms with Crippen LogP contribution in [0, 0.1) is 0 Å². The van der Waals surface area contributed by atoms with Crippen molar-refractivity contribution in [2.24, 2.45) is 0 Å². The number of rotatable bonds is 4. The Hall–Kier alpha value is -1.22. The lowest BCUT2D eigenvalue weighted by Crippen LogP contribution is -2.17. The Kier molecular flexibility index (Phi) is 3.57. The normalized spacial score (nSPS) is 13.8. The van der Waals surface area contributed by atoms with E-state index < -0.39 is 0 Å². The third-order valence-electron chi connectivity index (χ3n) is 3.16. The minimum atomic E-state index is 0.0377. The summed E-state index contributed by atoms with van der Waals surface area (Å²) < 4.78 is 0. The second-order valence-corrected chi connectivity index (χ2v) is 4.78. The molecule has 0 bridgehead atoms. The van der Waals surface area contributed by atoms with E-state index in [9.17, 15) is 4.79 Å². The summed E-state index contributed by atoms with van der Waals surface area (Å²) in [5.74, 6) is 0.0377. The van der Waals surface area contributed by atoms with Crippen LogP contribution in [0.2, 0.25) is 5.02 Å². The van der Waals surface area contributed by atoms with Gasteiger partial charge in [0.05, 0.1) is 17.1 Å². The van der Waals surface area contributed by atoms with Crippen LogP contribution in [0.3, 0.4) is 0 Å². The van der Waals surface area contributed by atoms with Gasteiger partial charge in [-0.05, 0) is 30.5 Å². The van der Waals surface area contributed by atoms with Crippen LogP contribution in [0.4, 0.5) is 11.4 Å². The van der Waals surface area contributed by atoms with Gasteiger partial charge in [-0.15, -0.1) is 0 Å². The molecule has 0 saturated carbocycles. The van der Waals surface area contributed by atoms with Crippen LogP contribution in [0.5, 0.6) is 0 Å². The Morgan fingerprint density at radius 1 is 1.41 bits per heavy atom. The molecule has 1 amide bonds. The topological polar surface area (TPSA) is 41.1 Å². The fraction of sp³-hybridized carbons (Fsp3) is 0.462. The van der Waals surface area contributed by atoms with Crippen molar-refractivity contribution in [3.05, 3.63) is 22.7 Å². The summed E-state index contributed by atoms with van der Waals surface area (Å²) in [5, 5.41) is 6.88. The molecule has 0 radical (unpaired) electrons. The van der Waals surface area contributed by atoms with Gasteiger partial charge in [-0.25, -0.2) is 0 Å². The van der Waals surface area contributed by atoms with Crippen molar-refractivity contribution >= 4 is 28.9 Å². The smallest absolute Gasteiger partial charge is 0.228 e. The highest BCUT2D eigenvalue weighted by molar-refractivity contribution is 6.33. The summed E-state index contributed by atoms with van der Waals surface area (Å²) in [4.78, 5) is 11.3. The van der Waals surface area contributed by atoms with Crippen LogP contribution in [0.25, 0.3) is 0 Å². The van der Waals surface area contributed by atoms with Crippen molar-refractivity contribution in [1.29, 1.82) is 0 Å². The lowest BCUT2D eigenvalue weighted by atomic mass is 10.1. The molecule has 0 spiro atoms. The molecule has 1 heterocycles. The molecule has 0 unspecified atom stereocenters. The molecule has 0 aliphatic carbocycles. The van der Waals surface area contributed by atoms with Crippen LogP contribution in [0.15, 0.2) is 12.1 Å². The van der Waals surface area contributed by atoms with Crippen LogP contribution in [0.1, 0.15) is 32.3 Å². The fourth-order valence-corrected chi connectivity index (χ4v) is 2.29. The first-order chi connectivity index (χ1) is 8.13. The third-order valence-corrected chi connectivity index (χ3v) is 3.48. The van der Waals surface area contributed by atoms with Crippen LogP contribution < -0.4 is 10.6 Å². The van der Waals surface area contributed by atoms with Crippen LogP contribution in [-0.4, -0.2) is 11.9 Å². The summed E-state index contributed by atoms with van der Waals surface area (Å²) in [6.07, 6.45) is 2.56. The van der Waals surface area contributed by atoms with Crippen LogP contribution >= 0.6 is 11.6 Å². The molecule has 0 saturated heterocycles. The molecule has 1 aliphatic rings. The first-order valence-corrected chi connectivity index (χ1v) is 6.40. The second-order valence-electron chi connectivity index (χ2n) is 4.37. The number of hydrogen-bond donors (Lipinski definition) is 2. The predicted octanol–water partition coefficient (Wildman–Crippen LogP) is 3.44. The van der Waals surface area contributed by atoms with Gasteiger partial charge in [0.25, 0.3) is 0 Å². The summed E-state index contributed by atoms with van der Waals surface area (Å²) in [7, 11) is 0. The number of carbonyl (C=O) groups excluding carboxylic acids is 1. The number of carbonyl (C=O) groups is 1. The molecule has 2 rings (SSSR count). The largest absolute Gasteiger partial charge is 0.381 e.